The minimum absolute atomic E-state index is 0.643. The Bertz CT molecular complexity index is 599. The molecule has 0 amide bonds. The van der Waals surface area contributed by atoms with Gasteiger partial charge in [-0.2, -0.15) is 5.26 Å². The van der Waals surface area contributed by atoms with Gasteiger partial charge in [0.15, 0.2) is 0 Å². The van der Waals surface area contributed by atoms with Crippen molar-refractivity contribution in [1.82, 2.24) is 19.7 Å². The summed E-state index contributed by atoms with van der Waals surface area (Å²) in [6.07, 6.45) is 1.73. The van der Waals surface area contributed by atoms with Gasteiger partial charge in [-0.1, -0.05) is 12.1 Å². The number of nitrogens with zero attached hydrogens (tertiary/aromatic N) is 5. The number of ether oxygens (including phenoxy) is 1. The lowest BCUT2D eigenvalue weighted by atomic mass is 10.1. The van der Waals surface area contributed by atoms with E-state index in [1.54, 1.807) is 13.4 Å². The highest BCUT2D eigenvalue weighted by molar-refractivity contribution is 5.31. The SMILES string of the molecule is COCCn1cnnc1CN(C)Cc1ccc(C#N)cc1. The van der Waals surface area contributed by atoms with Crippen LogP contribution in [0.5, 0.6) is 0 Å². The quantitative estimate of drug-likeness (QED) is 0.770. The number of methoxy groups -OCH3 is 1. The third-order valence-electron chi connectivity index (χ3n) is 3.18. The molecule has 0 saturated carbocycles. The summed E-state index contributed by atoms with van der Waals surface area (Å²) in [4.78, 5) is 2.16. The zero-order chi connectivity index (χ0) is 15.1. The fourth-order valence-electron chi connectivity index (χ4n) is 2.07. The van der Waals surface area contributed by atoms with Crippen molar-refractivity contribution in [2.75, 3.05) is 20.8 Å². The Morgan fingerprint density at radius 2 is 2.05 bits per heavy atom. The first kappa shape index (κ1) is 15.2. The lowest BCUT2D eigenvalue weighted by Gasteiger charge is -2.16. The molecule has 0 fully saturated rings. The molecular formula is C15H19N5O. The van der Waals surface area contributed by atoms with Crippen molar-refractivity contribution in [3.05, 3.63) is 47.5 Å². The summed E-state index contributed by atoms with van der Waals surface area (Å²) < 4.78 is 7.08. The number of nitriles is 1. The van der Waals surface area contributed by atoms with E-state index in [1.165, 1.54) is 5.56 Å². The molecule has 1 aromatic carbocycles. The van der Waals surface area contributed by atoms with E-state index in [-0.39, 0.29) is 0 Å². The van der Waals surface area contributed by atoms with Crippen molar-refractivity contribution in [2.24, 2.45) is 0 Å². The first-order valence-electron chi connectivity index (χ1n) is 6.76. The Labute approximate surface area is 124 Å². The van der Waals surface area contributed by atoms with Gasteiger partial charge in [0.25, 0.3) is 0 Å². The van der Waals surface area contributed by atoms with Gasteiger partial charge in [0, 0.05) is 20.2 Å². The maximum Gasteiger partial charge on any atom is 0.147 e. The topological polar surface area (TPSA) is 67.0 Å². The molecule has 1 aromatic heterocycles. The molecule has 0 N–H and O–H groups in total. The largest absolute Gasteiger partial charge is 0.383 e. The minimum Gasteiger partial charge on any atom is -0.383 e. The van der Waals surface area contributed by atoms with Gasteiger partial charge >= 0.3 is 0 Å². The van der Waals surface area contributed by atoms with Crippen molar-refractivity contribution >= 4 is 0 Å². The molecule has 1 heterocycles. The molecule has 0 bridgehead atoms. The van der Waals surface area contributed by atoms with E-state index < -0.39 is 0 Å². The van der Waals surface area contributed by atoms with Gasteiger partial charge in [-0.25, -0.2) is 0 Å². The molecule has 0 radical (unpaired) electrons. The van der Waals surface area contributed by atoms with E-state index in [1.807, 2.05) is 35.9 Å². The van der Waals surface area contributed by atoms with E-state index in [0.29, 0.717) is 18.7 Å². The number of hydrogen-bond acceptors (Lipinski definition) is 5. The molecule has 2 aromatic rings. The van der Waals surface area contributed by atoms with Crippen LogP contribution in [-0.4, -0.2) is 40.4 Å². The maximum absolute atomic E-state index is 8.79. The summed E-state index contributed by atoms with van der Waals surface area (Å²) >= 11 is 0. The predicted octanol–water partition coefficient (Wildman–Crippen LogP) is 1.43. The van der Waals surface area contributed by atoms with Crippen molar-refractivity contribution in [3.63, 3.8) is 0 Å². The molecule has 21 heavy (non-hydrogen) atoms. The van der Waals surface area contributed by atoms with E-state index in [2.05, 4.69) is 21.2 Å². The second kappa shape index (κ2) is 7.53. The van der Waals surface area contributed by atoms with Crippen LogP contribution < -0.4 is 0 Å². The summed E-state index contributed by atoms with van der Waals surface area (Å²) in [6, 6.07) is 9.75. The molecule has 0 spiro atoms. The molecule has 110 valence electrons. The van der Waals surface area contributed by atoms with Gasteiger partial charge < -0.3 is 9.30 Å². The monoisotopic (exact) mass is 285 g/mol. The van der Waals surface area contributed by atoms with Crippen LogP contribution in [0.4, 0.5) is 0 Å². The van der Waals surface area contributed by atoms with E-state index in [0.717, 1.165) is 18.9 Å². The number of hydrogen-bond donors (Lipinski definition) is 0. The van der Waals surface area contributed by atoms with Crippen molar-refractivity contribution < 1.29 is 4.74 Å². The number of rotatable bonds is 7. The van der Waals surface area contributed by atoms with Crippen molar-refractivity contribution in [2.45, 2.75) is 19.6 Å². The third kappa shape index (κ3) is 4.38. The van der Waals surface area contributed by atoms with Gasteiger partial charge in [-0.15, -0.1) is 10.2 Å². The summed E-state index contributed by atoms with van der Waals surface area (Å²) in [6.45, 7) is 2.90. The van der Waals surface area contributed by atoms with Crippen LogP contribution in [0.15, 0.2) is 30.6 Å². The summed E-state index contributed by atoms with van der Waals surface area (Å²) in [5.74, 6) is 0.920. The molecule has 0 aliphatic heterocycles. The number of aromatic nitrogens is 3. The fraction of sp³-hybridized carbons (Fsp3) is 0.400. The van der Waals surface area contributed by atoms with Crippen molar-refractivity contribution in [1.29, 1.82) is 5.26 Å². The molecule has 6 heteroatoms. The van der Waals surface area contributed by atoms with Gasteiger partial charge in [-0.3, -0.25) is 4.90 Å². The van der Waals surface area contributed by atoms with Crippen LogP contribution in [0.2, 0.25) is 0 Å². The molecule has 2 rings (SSSR count). The van der Waals surface area contributed by atoms with Crippen LogP contribution in [0.25, 0.3) is 0 Å². The summed E-state index contributed by atoms with van der Waals surface area (Å²) in [5, 5.41) is 16.9. The smallest absolute Gasteiger partial charge is 0.147 e. The molecule has 0 aliphatic rings. The normalized spacial score (nSPS) is 10.8. The molecule has 0 atom stereocenters. The summed E-state index contributed by atoms with van der Waals surface area (Å²) in [7, 11) is 3.72. The van der Waals surface area contributed by atoms with Crippen LogP contribution in [0.3, 0.4) is 0 Å². The molecule has 6 nitrogen and oxygen atoms in total. The number of benzene rings is 1. The van der Waals surface area contributed by atoms with E-state index >= 15 is 0 Å². The van der Waals surface area contributed by atoms with Gasteiger partial charge in [0.2, 0.25) is 0 Å². The van der Waals surface area contributed by atoms with E-state index in [9.17, 15) is 0 Å². The van der Waals surface area contributed by atoms with Gasteiger partial charge in [0.1, 0.15) is 12.2 Å². The predicted molar refractivity (Wildman–Crippen MR) is 78.2 cm³/mol. The van der Waals surface area contributed by atoms with Crippen molar-refractivity contribution in [3.8, 4) is 6.07 Å². The van der Waals surface area contributed by atoms with Crippen LogP contribution in [-0.2, 0) is 24.4 Å². The molecule has 0 saturated heterocycles. The standard InChI is InChI=1S/C15H19N5O/c1-19(10-14-5-3-13(9-16)4-6-14)11-15-18-17-12-20(15)7-8-21-2/h3-6,12H,7-8,10-11H2,1-2H3. The van der Waals surface area contributed by atoms with Crippen LogP contribution in [0.1, 0.15) is 17.0 Å². The molecular weight excluding hydrogens is 266 g/mol. The Hall–Kier alpha value is -2.23. The zero-order valence-electron chi connectivity index (χ0n) is 12.4. The molecule has 0 unspecified atom stereocenters. The lowest BCUT2D eigenvalue weighted by molar-refractivity contribution is 0.184. The average Bonchev–Trinajstić information content (AvgIpc) is 2.93. The second-order valence-corrected chi connectivity index (χ2v) is 4.91. The first-order chi connectivity index (χ1) is 10.2. The Morgan fingerprint density at radius 3 is 2.71 bits per heavy atom. The minimum atomic E-state index is 0.643. The highest BCUT2D eigenvalue weighted by Gasteiger charge is 2.08. The first-order valence-corrected chi connectivity index (χ1v) is 6.76. The second-order valence-electron chi connectivity index (χ2n) is 4.91. The van der Waals surface area contributed by atoms with Gasteiger partial charge in [0.05, 0.1) is 24.8 Å². The van der Waals surface area contributed by atoms with Crippen LogP contribution in [0, 0.1) is 11.3 Å². The molecule has 0 aliphatic carbocycles. The van der Waals surface area contributed by atoms with E-state index in [4.69, 9.17) is 10.00 Å². The fourth-order valence-corrected chi connectivity index (χ4v) is 2.07. The maximum atomic E-state index is 8.79. The highest BCUT2D eigenvalue weighted by Crippen LogP contribution is 2.08. The average molecular weight is 285 g/mol. The van der Waals surface area contributed by atoms with Gasteiger partial charge in [-0.05, 0) is 24.7 Å². The Kier molecular flexibility index (Phi) is 5.43. The lowest BCUT2D eigenvalue weighted by Crippen LogP contribution is -2.20. The third-order valence-corrected chi connectivity index (χ3v) is 3.18. The highest BCUT2D eigenvalue weighted by atomic mass is 16.5. The Balaban J connectivity index is 1.93. The Morgan fingerprint density at radius 1 is 1.29 bits per heavy atom. The van der Waals surface area contributed by atoms with Crippen LogP contribution >= 0.6 is 0 Å². The zero-order valence-corrected chi connectivity index (χ0v) is 12.4. The summed E-state index contributed by atoms with van der Waals surface area (Å²) in [5.41, 5.74) is 1.85.